The minimum atomic E-state index is -0.828. The van der Waals surface area contributed by atoms with Gasteiger partial charge in [0.2, 0.25) is 5.91 Å². The molecule has 1 N–H and O–H groups in total. The second-order valence-electron chi connectivity index (χ2n) is 9.63. The van der Waals surface area contributed by atoms with Crippen molar-refractivity contribution in [3.05, 3.63) is 95.8 Å². The number of methoxy groups -OCH3 is 1. The Morgan fingerprint density at radius 1 is 0.921 bits per heavy atom. The quantitative estimate of drug-likeness (QED) is 0.374. The first kappa shape index (κ1) is 27.2. The predicted octanol–water partition coefficient (Wildman–Crippen LogP) is 5.30. The predicted molar refractivity (Wildman–Crippen MR) is 144 cm³/mol. The molecule has 1 aliphatic rings. The summed E-state index contributed by atoms with van der Waals surface area (Å²) in [5.74, 6) is 0.120. The molecule has 38 heavy (non-hydrogen) atoms. The van der Waals surface area contributed by atoms with Gasteiger partial charge in [-0.2, -0.15) is 0 Å². The van der Waals surface area contributed by atoms with Crippen LogP contribution in [0.1, 0.15) is 43.2 Å². The molecule has 1 saturated carbocycles. The Balaban J connectivity index is 1.60. The lowest BCUT2D eigenvalue weighted by molar-refractivity contribution is -0.143. The van der Waals surface area contributed by atoms with Gasteiger partial charge in [0.1, 0.15) is 23.4 Å². The van der Waals surface area contributed by atoms with Gasteiger partial charge in [0.25, 0.3) is 5.91 Å². The van der Waals surface area contributed by atoms with Gasteiger partial charge in [-0.15, -0.1) is 0 Å². The van der Waals surface area contributed by atoms with Crippen LogP contribution in [0.5, 0.6) is 11.5 Å². The van der Waals surface area contributed by atoms with Gasteiger partial charge in [-0.3, -0.25) is 9.59 Å². The maximum Gasteiger partial charge on any atom is 0.261 e. The van der Waals surface area contributed by atoms with Crippen molar-refractivity contribution in [1.29, 1.82) is 0 Å². The normalized spacial score (nSPS) is 14.4. The van der Waals surface area contributed by atoms with Crippen LogP contribution >= 0.6 is 0 Å². The van der Waals surface area contributed by atoms with E-state index in [1.807, 2.05) is 30.3 Å². The van der Waals surface area contributed by atoms with Crippen molar-refractivity contribution in [3.63, 3.8) is 0 Å². The molecular weight excluding hydrogens is 483 g/mol. The lowest BCUT2D eigenvalue weighted by atomic mass is 9.94. The number of nitrogens with one attached hydrogen (secondary N) is 1. The van der Waals surface area contributed by atoms with Gasteiger partial charge in [-0.05, 0) is 48.7 Å². The van der Waals surface area contributed by atoms with Crippen LogP contribution in [0.4, 0.5) is 4.39 Å². The third kappa shape index (κ3) is 7.57. The first-order valence-electron chi connectivity index (χ1n) is 13.2. The summed E-state index contributed by atoms with van der Waals surface area (Å²) in [7, 11) is 1.57. The van der Waals surface area contributed by atoms with Gasteiger partial charge in [0.15, 0.2) is 6.61 Å². The van der Waals surface area contributed by atoms with Crippen LogP contribution in [0.15, 0.2) is 78.9 Å². The van der Waals surface area contributed by atoms with Crippen molar-refractivity contribution < 1.29 is 23.5 Å². The van der Waals surface area contributed by atoms with E-state index in [1.54, 1.807) is 49.6 Å². The van der Waals surface area contributed by atoms with Crippen LogP contribution in [0, 0.1) is 5.82 Å². The van der Waals surface area contributed by atoms with Crippen LogP contribution in [-0.4, -0.2) is 42.5 Å². The molecule has 2 amide bonds. The number of ether oxygens (including phenoxy) is 2. The summed E-state index contributed by atoms with van der Waals surface area (Å²) in [5.41, 5.74) is 1.26. The third-order valence-electron chi connectivity index (χ3n) is 6.94. The molecule has 7 heteroatoms. The molecule has 0 unspecified atom stereocenters. The highest BCUT2D eigenvalue weighted by Gasteiger charge is 2.32. The lowest BCUT2D eigenvalue weighted by Crippen LogP contribution is -2.53. The van der Waals surface area contributed by atoms with Crippen molar-refractivity contribution in [3.8, 4) is 11.5 Å². The third-order valence-corrected chi connectivity index (χ3v) is 6.94. The first-order valence-corrected chi connectivity index (χ1v) is 13.2. The SMILES string of the molecule is COc1ccc(OCC(=O)N(Cc2ccccc2F)[C@@H](Cc2ccccc2)C(=O)NC2CCCCC2)cc1. The number of halogens is 1. The molecule has 0 saturated heterocycles. The highest BCUT2D eigenvalue weighted by molar-refractivity contribution is 5.88. The molecule has 0 bridgehead atoms. The number of nitrogens with zero attached hydrogens (tertiary/aromatic N) is 1. The topological polar surface area (TPSA) is 67.9 Å². The molecule has 1 fully saturated rings. The molecule has 3 aromatic rings. The van der Waals surface area contributed by atoms with E-state index in [-0.39, 0.29) is 25.1 Å². The number of carbonyl (C=O) groups excluding carboxylic acids is 2. The Kier molecular flexibility index (Phi) is 9.73. The van der Waals surface area contributed by atoms with Crippen LogP contribution in [0.2, 0.25) is 0 Å². The van der Waals surface area contributed by atoms with E-state index < -0.39 is 17.8 Å². The zero-order valence-corrected chi connectivity index (χ0v) is 21.8. The van der Waals surface area contributed by atoms with E-state index in [9.17, 15) is 14.0 Å². The van der Waals surface area contributed by atoms with E-state index >= 15 is 0 Å². The van der Waals surface area contributed by atoms with Crippen molar-refractivity contribution in [2.24, 2.45) is 0 Å². The molecule has 0 radical (unpaired) electrons. The number of benzene rings is 3. The highest BCUT2D eigenvalue weighted by atomic mass is 19.1. The minimum absolute atomic E-state index is 0.0485. The fraction of sp³-hybridized carbons (Fsp3) is 0.355. The number of rotatable bonds is 11. The zero-order valence-electron chi connectivity index (χ0n) is 21.8. The fourth-order valence-electron chi connectivity index (χ4n) is 4.81. The maximum atomic E-state index is 14.7. The van der Waals surface area contributed by atoms with E-state index in [2.05, 4.69) is 5.32 Å². The fourth-order valence-corrected chi connectivity index (χ4v) is 4.81. The number of amides is 2. The van der Waals surface area contributed by atoms with Crippen molar-refractivity contribution in [2.45, 2.75) is 57.2 Å². The average Bonchev–Trinajstić information content (AvgIpc) is 2.96. The van der Waals surface area contributed by atoms with Gasteiger partial charge in [0.05, 0.1) is 7.11 Å². The second kappa shape index (κ2) is 13.6. The molecule has 1 aliphatic carbocycles. The van der Waals surface area contributed by atoms with Crippen LogP contribution in [-0.2, 0) is 22.6 Å². The summed E-state index contributed by atoms with van der Waals surface area (Å²) < 4.78 is 25.7. The largest absolute Gasteiger partial charge is 0.497 e. The van der Waals surface area contributed by atoms with E-state index in [0.29, 0.717) is 23.5 Å². The number of hydrogen-bond acceptors (Lipinski definition) is 4. The molecular formula is C31H35FN2O4. The smallest absolute Gasteiger partial charge is 0.261 e. The van der Waals surface area contributed by atoms with E-state index in [1.165, 1.54) is 17.4 Å². The van der Waals surface area contributed by atoms with Gasteiger partial charge in [0, 0.05) is 24.6 Å². The van der Waals surface area contributed by atoms with Crippen LogP contribution in [0.25, 0.3) is 0 Å². The molecule has 3 aromatic carbocycles. The van der Waals surface area contributed by atoms with Crippen molar-refractivity contribution in [2.75, 3.05) is 13.7 Å². The summed E-state index contributed by atoms with van der Waals surface area (Å²) in [5, 5.41) is 3.18. The number of hydrogen-bond donors (Lipinski definition) is 1. The first-order chi connectivity index (χ1) is 18.5. The van der Waals surface area contributed by atoms with Crippen molar-refractivity contribution in [1.82, 2.24) is 10.2 Å². The molecule has 200 valence electrons. The Morgan fingerprint density at radius 3 is 2.26 bits per heavy atom. The van der Waals surface area contributed by atoms with Gasteiger partial charge < -0.3 is 19.7 Å². The molecule has 0 aromatic heterocycles. The summed E-state index contributed by atoms with van der Waals surface area (Å²) in [6.07, 6.45) is 5.46. The Bertz CT molecular complexity index is 1180. The summed E-state index contributed by atoms with van der Waals surface area (Å²) >= 11 is 0. The number of carbonyl (C=O) groups is 2. The van der Waals surface area contributed by atoms with Gasteiger partial charge >= 0.3 is 0 Å². The maximum absolute atomic E-state index is 14.7. The average molecular weight is 519 g/mol. The summed E-state index contributed by atoms with van der Waals surface area (Å²) in [6, 6.07) is 22.1. The Morgan fingerprint density at radius 2 is 1.58 bits per heavy atom. The van der Waals surface area contributed by atoms with E-state index in [4.69, 9.17) is 9.47 Å². The van der Waals surface area contributed by atoms with E-state index in [0.717, 1.165) is 31.2 Å². The minimum Gasteiger partial charge on any atom is -0.497 e. The molecule has 0 heterocycles. The van der Waals surface area contributed by atoms with Crippen LogP contribution in [0.3, 0.4) is 0 Å². The van der Waals surface area contributed by atoms with Gasteiger partial charge in [-0.25, -0.2) is 4.39 Å². The standard InChI is InChI=1S/C31H35FN2O4/c1-37-26-16-18-27(19-17-26)38-22-30(35)34(21-24-12-8-9-15-28(24)32)29(20-23-10-4-2-5-11-23)31(36)33-25-13-6-3-7-14-25/h2,4-5,8-12,15-19,25,29H,3,6-7,13-14,20-22H2,1H3,(H,33,36)/t29-/m0/s1. The zero-order chi connectivity index (χ0) is 26.7. The monoisotopic (exact) mass is 518 g/mol. The summed E-state index contributed by atoms with van der Waals surface area (Å²) in [6.45, 7) is -0.337. The Hall–Kier alpha value is -3.87. The van der Waals surface area contributed by atoms with Crippen LogP contribution < -0.4 is 14.8 Å². The summed E-state index contributed by atoms with van der Waals surface area (Å²) in [4.78, 5) is 28.8. The Labute approximate surface area is 223 Å². The highest BCUT2D eigenvalue weighted by Crippen LogP contribution is 2.21. The molecule has 0 aliphatic heterocycles. The molecule has 0 spiro atoms. The molecule has 6 nitrogen and oxygen atoms in total. The lowest BCUT2D eigenvalue weighted by Gasteiger charge is -2.33. The molecule has 1 atom stereocenters. The van der Waals surface area contributed by atoms with Gasteiger partial charge in [-0.1, -0.05) is 67.8 Å². The molecule has 4 rings (SSSR count). The second-order valence-corrected chi connectivity index (χ2v) is 9.63. The van der Waals surface area contributed by atoms with Crippen molar-refractivity contribution >= 4 is 11.8 Å².